The van der Waals surface area contributed by atoms with E-state index in [-0.39, 0.29) is 0 Å². The molecule has 0 aliphatic carbocycles. The second kappa shape index (κ2) is 31.2. The molecule has 0 radical (unpaired) electrons. The van der Waals surface area contributed by atoms with Crippen molar-refractivity contribution in [2.45, 2.75) is 0 Å². The van der Waals surface area contributed by atoms with Crippen molar-refractivity contribution in [3.63, 3.8) is 0 Å². The standard InChI is InChI=1S/2C56H35N5S/c1-4-16-36(17-5-1)48-35-41-22-10-11-27-45(41)53-51(37-18-6-2-7-19-37)52(60-61(48)53)42-24-15-26-44(33-42)56-58-54(38-20-8-3-9-21-38)57-55(59-56)43-25-14-23-39(32-43)40-30-31-50-47(34-40)46-28-12-13-29-49(46)62-50;1-4-15-37(16-5-1)48-35-42-21-10-11-24-45(42)53-51(38-17-6-2-7-18-38)52(60-61(48)53)43-22-14-23-44(33-43)56-58-54(39-19-8-3-9-20-39)57-55(59-56)40-29-27-36(28-30-40)41-31-32-50-47(34-41)46-25-12-13-26-49(46)62-50/h2*1-35H. The Morgan fingerprint density at radius 3 is 0.839 bits per heavy atom. The molecule has 8 heterocycles. The van der Waals surface area contributed by atoms with E-state index in [1.54, 1.807) is 0 Å². The maximum Gasteiger partial charge on any atom is 0.164 e. The van der Waals surface area contributed by atoms with Crippen LogP contribution in [0.4, 0.5) is 0 Å². The number of thiophene rings is 2. The van der Waals surface area contributed by atoms with E-state index in [1.807, 2.05) is 83.3 Å². The summed E-state index contributed by atoms with van der Waals surface area (Å²) in [7, 11) is 0. The first kappa shape index (κ1) is 73.1. The second-order valence-corrected chi connectivity index (χ2v) is 33.1. The molecule has 580 valence electrons. The van der Waals surface area contributed by atoms with Gasteiger partial charge in [-0.05, 0) is 111 Å². The number of pyridine rings is 2. The lowest BCUT2D eigenvalue weighted by Crippen LogP contribution is -2.00. The summed E-state index contributed by atoms with van der Waals surface area (Å²) in [6.45, 7) is 0. The molecule has 0 aliphatic rings. The third-order valence-corrected chi connectivity index (χ3v) is 25.6. The van der Waals surface area contributed by atoms with E-state index < -0.39 is 0 Å². The minimum Gasteiger partial charge on any atom is -0.231 e. The van der Waals surface area contributed by atoms with Crippen LogP contribution in [0.25, 0.3) is 231 Å². The summed E-state index contributed by atoms with van der Waals surface area (Å²) in [5.74, 6) is 3.64. The van der Waals surface area contributed by atoms with Crippen LogP contribution >= 0.6 is 22.7 Å². The van der Waals surface area contributed by atoms with E-state index in [0.29, 0.717) is 34.9 Å². The molecule has 0 amide bonds. The number of fused-ring (bicyclic) bond motifs is 12. The highest BCUT2D eigenvalue weighted by molar-refractivity contribution is 7.26. The second-order valence-electron chi connectivity index (χ2n) is 30.9. The first-order valence-electron chi connectivity index (χ1n) is 41.4. The SMILES string of the molecule is c1ccc(-c2nc(-c3ccc(-c4ccc5sc6ccccc6c5c4)cc3)nc(-c3cccc(-c4nn5c(-c6ccccc6)cc6ccccc6c5c4-c4ccccc4)c3)n2)cc1.c1ccc(-c2nc(-c3cccc(-c4ccc5sc6ccccc6c5c4)c3)nc(-c3cccc(-c4nn5c(-c6ccccc6)cc6ccccc6c5c4-c4ccccc4)c3)n2)cc1. The number of rotatable bonds is 14. The first-order valence-corrected chi connectivity index (χ1v) is 43.1. The zero-order valence-corrected chi connectivity index (χ0v) is 68.3. The zero-order valence-electron chi connectivity index (χ0n) is 66.7. The highest BCUT2D eigenvalue weighted by atomic mass is 32.1. The van der Waals surface area contributed by atoms with E-state index in [9.17, 15) is 0 Å². The third-order valence-electron chi connectivity index (χ3n) is 23.3. The molecule has 10 nitrogen and oxygen atoms in total. The average molecular weight is 1620 g/mol. The van der Waals surface area contributed by atoms with Crippen molar-refractivity contribution in [3.05, 3.63) is 425 Å². The van der Waals surface area contributed by atoms with E-state index in [0.717, 1.165) is 150 Å². The van der Waals surface area contributed by atoms with E-state index in [2.05, 4.69) is 373 Å². The Kier molecular flexibility index (Phi) is 18.4. The van der Waals surface area contributed by atoms with Gasteiger partial charge in [-0.15, -0.1) is 22.7 Å². The van der Waals surface area contributed by atoms with Crippen molar-refractivity contribution in [3.8, 4) is 158 Å². The van der Waals surface area contributed by atoms with Crippen molar-refractivity contribution in [2.75, 3.05) is 0 Å². The van der Waals surface area contributed by atoms with Gasteiger partial charge in [-0.25, -0.2) is 38.9 Å². The van der Waals surface area contributed by atoms with Crippen molar-refractivity contribution in [1.82, 2.24) is 49.1 Å². The molecule has 0 saturated heterocycles. The van der Waals surface area contributed by atoms with Crippen molar-refractivity contribution in [2.24, 2.45) is 0 Å². The molecule has 16 aromatic carbocycles. The molecular formula is C112H70N10S2. The molecule has 24 aromatic rings. The summed E-state index contributed by atoms with van der Waals surface area (Å²) in [6.07, 6.45) is 0. The lowest BCUT2D eigenvalue weighted by Gasteiger charge is -2.11. The van der Waals surface area contributed by atoms with Gasteiger partial charge in [0.05, 0.1) is 22.4 Å². The molecule has 0 fully saturated rings. The van der Waals surface area contributed by atoms with Gasteiger partial charge in [0.25, 0.3) is 0 Å². The summed E-state index contributed by atoms with van der Waals surface area (Å²) in [5, 5.41) is 20.7. The molecule has 0 bridgehead atoms. The lowest BCUT2D eigenvalue weighted by atomic mass is 9.96. The van der Waals surface area contributed by atoms with Crippen LogP contribution in [0, 0.1) is 0 Å². The quantitative estimate of drug-likeness (QED) is 0.106. The van der Waals surface area contributed by atoms with Crippen molar-refractivity contribution >= 4 is 95.6 Å². The van der Waals surface area contributed by atoms with Gasteiger partial charge in [0.1, 0.15) is 11.4 Å². The Bertz CT molecular complexity index is 8220. The van der Waals surface area contributed by atoms with Crippen LogP contribution in [0.1, 0.15) is 0 Å². The maximum absolute atomic E-state index is 5.49. The Morgan fingerprint density at radius 1 is 0.169 bits per heavy atom. The Labute approximate surface area is 722 Å². The number of benzene rings is 16. The maximum atomic E-state index is 5.49. The fraction of sp³-hybridized carbons (Fsp3) is 0. The molecule has 24 rings (SSSR count). The molecule has 8 aromatic heterocycles. The van der Waals surface area contributed by atoms with Crippen LogP contribution in [0.15, 0.2) is 425 Å². The van der Waals surface area contributed by atoms with Gasteiger partial charge in [0.15, 0.2) is 34.9 Å². The van der Waals surface area contributed by atoms with Gasteiger partial charge >= 0.3 is 0 Å². The highest BCUT2D eigenvalue weighted by Crippen LogP contribution is 2.46. The van der Waals surface area contributed by atoms with Crippen LogP contribution in [-0.4, -0.2) is 49.1 Å². The Hall–Kier alpha value is -16.1. The summed E-state index contributed by atoms with van der Waals surface area (Å²) in [4.78, 5) is 30.8. The monoisotopic (exact) mass is 1620 g/mol. The number of hydrogen-bond acceptors (Lipinski definition) is 10. The van der Waals surface area contributed by atoms with Crippen molar-refractivity contribution in [1.29, 1.82) is 0 Å². The largest absolute Gasteiger partial charge is 0.231 e. The highest BCUT2D eigenvalue weighted by Gasteiger charge is 2.26. The van der Waals surface area contributed by atoms with Crippen LogP contribution < -0.4 is 0 Å². The molecule has 0 aliphatic heterocycles. The molecule has 12 heteroatoms. The predicted octanol–water partition coefficient (Wildman–Crippen LogP) is 29.4. The van der Waals surface area contributed by atoms with Crippen LogP contribution in [0.3, 0.4) is 0 Å². The third kappa shape index (κ3) is 13.5. The Balaban J connectivity index is 0.000000143. The van der Waals surface area contributed by atoms with E-state index in [4.69, 9.17) is 40.1 Å². The molecule has 124 heavy (non-hydrogen) atoms. The van der Waals surface area contributed by atoms with Gasteiger partial charge < -0.3 is 0 Å². The number of hydrogen-bond donors (Lipinski definition) is 0. The molecule has 0 atom stereocenters. The topological polar surface area (TPSA) is 112 Å². The summed E-state index contributed by atoms with van der Waals surface area (Å²) in [6, 6.07) is 149. The fourth-order valence-corrected chi connectivity index (χ4v) is 19.5. The van der Waals surface area contributed by atoms with Crippen LogP contribution in [0.2, 0.25) is 0 Å². The Morgan fingerprint density at radius 2 is 0.435 bits per heavy atom. The molecule has 0 spiro atoms. The van der Waals surface area contributed by atoms with Crippen LogP contribution in [-0.2, 0) is 0 Å². The van der Waals surface area contributed by atoms with Crippen molar-refractivity contribution < 1.29 is 0 Å². The number of nitrogens with zero attached hydrogens (tertiary/aromatic N) is 10. The fourth-order valence-electron chi connectivity index (χ4n) is 17.3. The lowest BCUT2D eigenvalue weighted by molar-refractivity contribution is 0.979. The van der Waals surface area contributed by atoms with Gasteiger partial charge in [-0.2, -0.15) is 10.2 Å². The molecule has 0 saturated carbocycles. The zero-order chi connectivity index (χ0) is 82.0. The van der Waals surface area contributed by atoms with E-state index in [1.165, 1.54) is 45.9 Å². The normalized spacial score (nSPS) is 11.5. The average Bonchev–Trinajstić information content (AvgIpc) is 1.57. The summed E-state index contributed by atoms with van der Waals surface area (Å²) in [5.41, 5.74) is 24.4. The predicted molar refractivity (Wildman–Crippen MR) is 514 cm³/mol. The number of aromatic nitrogens is 10. The van der Waals surface area contributed by atoms with Gasteiger partial charge in [0, 0.05) is 118 Å². The molecule has 0 unspecified atom stereocenters. The molecule has 0 N–H and O–H groups in total. The summed E-state index contributed by atoms with van der Waals surface area (Å²) < 4.78 is 9.44. The molecular weight excluding hydrogens is 1550 g/mol. The van der Waals surface area contributed by atoms with Crippen LogP contribution in [0.5, 0.6) is 0 Å². The van der Waals surface area contributed by atoms with Gasteiger partial charge in [-0.1, -0.05) is 358 Å². The smallest absolute Gasteiger partial charge is 0.164 e. The minimum absolute atomic E-state index is 0.590. The summed E-state index contributed by atoms with van der Waals surface area (Å²) >= 11 is 3.67. The van der Waals surface area contributed by atoms with E-state index >= 15 is 0 Å². The minimum atomic E-state index is 0.590. The van der Waals surface area contributed by atoms with Gasteiger partial charge in [-0.3, -0.25) is 0 Å². The first-order chi connectivity index (χ1) is 61.4. The van der Waals surface area contributed by atoms with Gasteiger partial charge in [0.2, 0.25) is 0 Å².